The summed E-state index contributed by atoms with van der Waals surface area (Å²) < 4.78 is 14.0. The van der Waals surface area contributed by atoms with Gasteiger partial charge in [0.25, 0.3) is 0 Å². The summed E-state index contributed by atoms with van der Waals surface area (Å²) in [6.07, 6.45) is 8.02. The molecule has 0 atom stereocenters. The van der Waals surface area contributed by atoms with E-state index in [0.717, 1.165) is 12.1 Å². The van der Waals surface area contributed by atoms with E-state index in [4.69, 9.17) is 0 Å². The Morgan fingerprint density at radius 2 is 2.00 bits per heavy atom. The minimum absolute atomic E-state index is 0.263. The van der Waals surface area contributed by atoms with Gasteiger partial charge in [-0.05, 0) is 35.4 Å². The number of nitrogens with zero attached hydrogens (tertiary/aromatic N) is 1. The maximum Gasteiger partial charge on any atom is 0.141 e. The van der Waals surface area contributed by atoms with Crippen LogP contribution < -0.4 is 5.32 Å². The van der Waals surface area contributed by atoms with Crippen LogP contribution in [0.25, 0.3) is 0 Å². The van der Waals surface area contributed by atoms with Crippen LogP contribution in [0.1, 0.15) is 31.2 Å². The van der Waals surface area contributed by atoms with Crippen molar-refractivity contribution in [2.75, 3.05) is 11.0 Å². The van der Waals surface area contributed by atoms with Crippen molar-refractivity contribution >= 4 is 22.6 Å². The largest absolute Gasteiger partial charge is 0.313 e. The van der Waals surface area contributed by atoms with Crippen LogP contribution in [-0.4, -0.2) is 16.0 Å². The Labute approximate surface area is 110 Å². The second-order valence-corrected chi connectivity index (χ2v) is 4.87. The molecule has 1 aromatic rings. The van der Waals surface area contributed by atoms with Gasteiger partial charge in [-0.1, -0.05) is 35.4 Å². The van der Waals surface area contributed by atoms with Gasteiger partial charge in [0.15, 0.2) is 0 Å². The van der Waals surface area contributed by atoms with E-state index in [9.17, 15) is 4.39 Å². The van der Waals surface area contributed by atoms with Crippen molar-refractivity contribution < 1.29 is 4.39 Å². The zero-order valence-corrected chi connectivity index (χ0v) is 11.5. The Balaban J connectivity index is 2.03. The highest BCUT2D eigenvalue weighted by molar-refractivity contribution is 14.1. The summed E-state index contributed by atoms with van der Waals surface area (Å²) in [7, 11) is 0. The van der Waals surface area contributed by atoms with Crippen LogP contribution in [-0.2, 0) is 6.54 Å². The third-order valence-corrected chi connectivity index (χ3v) is 3.09. The molecule has 0 aromatic carbocycles. The number of unbranched alkanes of at least 4 members (excludes halogenated alkanes) is 3. The lowest BCUT2D eigenvalue weighted by Gasteiger charge is -2.04. The lowest BCUT2D eigenvalue weighted by molar-refractivity contribution is 0.591. The highest BCUT2D eigenvalue weighted by Crippen LogP contribution is 2.02. The first-order valence-corrected chi connectivity index (χ1v) is 7.21. The third kappa shape index (κ3) is 6.37. The van der Waals surface area contributed by atoms with Gasteiger partial charge in [-0.15, -0.1) is 0 Å². The molecule has 1 aromatic heterocycles. The number of alkyl halides is 1. The average Bonchev–Trinajstić information content (AvgIpc) is 2.28. The number of halogens is 2. The number of pyridine rings is 1. The van der Waals surface area contributed by atoms with Gasteiger partial charge in [-0.25, -0.2) is 4.39 Å². The molecule has 0 fully saturated rings. The quantitative estimate of drug-likeness (QED) is 0.448. The minimum Gasteiger partial charge on any atom is -0.313 e. The summed E-state index contributed by atoms with van der Waals surface area (Å²) in [6.45, 7) is 1.70. The molecule has 16 heavy (non-hydrogen) atoms. The zero-order valence-electron chi connectivity index (χ0n) is 9.38. The topological polar surface area (TPSA) is 24.9 Å². The van der Waals surface area contributed by atoms with Crippen molar-refractivity contribution in [3.63, 3.8) is 0 Å². The van der Waals surface area contributed by atoms with E-state index in [2.05, 4.69) is 32.9 Å². The highest BCUT2D eigenvalue weighted by atomic mass is 127. The number of hydrogen-bond donors (Lipinski definition) is 1. The molecule has 2 nitrogen and oxygen atoms in total. The number of rotatable bonds is 8. The second-order valence-electron chi connectivity index (χ2n) is 3.79. The predicted molar refractivity (Wildman–Crippen MR) is 73.3 cm³/mol. The molecule has 0 bridgehead atoms. The summed E-state index contributed by atoms with van der Waals surface area (Å²) >= 11 is 2.41. The molecule has 0 amide bonds. The van der Waals surface area contributed by atoms with Gasteiger partial charge in [0.2, 0.25) is 0 Å². The van der Waals surface area contributed by atoms with Gasteiger partial charge >= 0.3 is 0 Å². The first-order chi connectivity index (χ1) is 7.83. The van der Waals surface area contributed by atoms with Crippen molar-refractivity contribution in [2.24, 2.45) is 0 Å². The maximum atomic E-state index is 12.8. The first kappa shape index (κ1) is 13.8. The molecule has 0 aliphatic heterocycles. The van der Waals surface area contributed by atoms with Gasteiger partial charge in [0.1, 0.15) is 5.82 Å². The molecule has 1 rings (SSSR count). The van der Waals surface area contributed by atoms with Crippen molar-refractivity contribution in [3.8, 4) is 0 Å². The fraction of sp³-hybridized carbons (Fsp3) is 0.583. The number of nitrogens with one attached hydrogen (secondary N) is 1. The Morgan fingerprint density at radius 3 is 2.75 bits per heavy atom. The third-order valence-electron chi connectivity index (χ3n) is 2.33. The normalized spacial score (nSPS) is 10.6. The van der Waals surface area contributed by atoms with Crippen LogP contribution in [0, 0.1) is 5.82 Å². The summed E-state index contributed by atoms with van der Waals surface area (Å²) in [5, 5.41) is 3.30. The molecule has 0 aliphatic rings. The fourth-order valence-electron chi connectivity index (χ4n) is 1.48. The molecule has 0 spiro atoms. The monoisotopic (exact) mass is 336 g/mol. The van der Waals surface area contributed by atoms with Crippen LogP contribution in [0.2, 0.25) is 0 Å². The van der Waals surface area contributed by atoms with Crippen LogP contribution in [0.5, 0.6) is 0 Å². The Hall–Kier alpha value is -0.230. The molecule has 0 aliphatic carbocycles. The van der Waals surface area contributed by atoms with Crippen LogP contribution in [0.15, 0.2) is 18.5 Å². The van der Waals surface area contributed by atoms with Crippen LogP contribution in [0.4, 0.5) is 4.39 Å². The van der Waals surface area contributed by atoms with E-state index in [1.807, 2.05) is 0 Å². The predicted octanol–water partition coefficient (Wildman–Crippen LogP) is 3.31. The van der Waals surface area contributed by atoms with E-state index in [1.165, 1.54) is 42.4 Å². The van der Waals surface area contributed by atoms with Gasteiger partial charge in [-0.2, -0.15) is 0 Å². The van der Waals surface area contributed by atoms with Crippen molar-refractivity contribution in [3.05, 3.63) is 29.8 Å². The van der Waals surface area contributed by atoms with Gasteiger partial charge < -0.3 is 5.32 Å². The molecule has 1 heterocycles. The second kappa shape index (κ2) is 8.87. The SMILES string of the molecule is Fc1cncc(CNCCCCCCI)c1. The Kier molecular flexibility index (Phi) is 7.67. The number of aromatic nitrogens is 1. The fourth-order valence-corrected chi connectivity index (χ4v) is 2.02. The van der Waals surface area contributed by atoms with E-state index >= 15 is 0 Å². The lowest BCUT2D eigenvalue weighted by Crippen LogP contribution is -2.14. The summed E-state index contributed by atoms with van der Waals surface area (Å²) in [5.41, 5.74) is 0.910. The molecule has 90 valence electrons. The molecule has 0 saturated heterocycles. The molecule has 0 radical (unpaired) electrons. The van der Waals surface area contributed by atoms with Gasteiger partial charge in [0, 0.05) is 12.7 Å². The Bertz CT molecular complexity index is 294. The van der Waals surface area contributed by atoms with Crippen LogP contribution >= 0.6 is 22.6 Å². The van der Waals surface area contributed by atoms with E-state index in [1.54, 1.807) is 6.20 Å². The molecule has 4 heteroatoms. The van der Waals surface area contributed by atoms with Gasteiger partial charge in [0.05, 0.1) is 6.20 Å². The van der Waals surface area contributed by atoms with Crippen molar-refractivity contribution in [2.45, 2.75) is 32.2 Å². The van der Waals surface area contributed by atoms with Crippen LogP contribution in [0.3, 0.4) is 0 Å². The lowest BCUT2D eigenvalue weighted by atomic mass is 10.2. The number of hydrogen-bond acceptors (Lipinski definition) is 2. The van der Waals surface area contributed by atoms with E-state index in [0.29, 0.717) is 6.54 Å². The van der Waals surface area contributed by atoms with Crippen molar-refractivity contribution in [1.29, 1.82) is 0 Å². The van der Waals surface area contributed by atoms with Gasteiger partial charge in [-0.3, -0.25) is 4.98 Å². The highest BCUT2D eigenvalue weighted by Gasteiger charge is 1.95. The molecular formula is C12H18FIN2. The maximum absolute atomic E-state index is 12.8. The molecule has 1 N–H and O–H groups in total. The summed E-state index contributed by atoms with van der Waals surface area (Å²) in [5.74, 6) is -0.263. The molecular weight excluding hydrogens is 318 g/mol. The van der Waals surface area contributed by atoms with Crippen molar-refractivity contribution in [1.82, 2.24) is 10.3 Å². The summed E-state index contributed by atoms with van der Waals surface area (Å²) in [6, 6.07) is 1.52. The first-order valence-electron chi connectivity index (χ1n) is 5.69. The molecule has 0 saturated carbocycles. The van der Waals surface area contributed by atoms with E-state index in [-0.39, 0.29) is 5.82 Å². The average molecular weight is 336 g/mol. The molecule has 0 unspecified atom stereocenters. The Morgan fingerprint density at radius 1 is 1.19 bits per heavy atom. The van der Waals surface area contributed by atoms with E-state index < -0.39 is 0 Å². The smallest absolute Gasteiger partial charge is 0.141 e. The standard InChI is InChI=1S/C12H18FIN2/c13-12-7-11(9-16-10-12)8-15-6-4-2-1-3-5-14/h7,9-10,15H,1-6,8H2. The zero-order chi connectivity index (χ0) is 11.6. The minimum atomic E-state index is -0.263. The summed E-state index contributed by atoms with van der Waals surface area (Å²) in [4.78, 5) is 3.81.